The van der Waals surface area contributed by atoms with Crippen LogP contribution in [-0.4, -0.2) is 16.9 Å². The Balaban J connectivity index is 1.73. The van der Waals surface area contributed by atoms with E-state index in [0.29, 0.717) is 23.7 Å². The van der Waals surface area contributed by atoms with Gasteiger partial charge in [-0.25, -0.2) is 4.39 Å². The van der Waals surface area contributed by atoms with Crippen molar-refractivity contribution < 1.29 is 9.50 Å². The van der Waals surface area contributed by atoms with E-state index in [1.807, 2.05) is 0 Å². The van der Waals surface area contributed by atoms with Crippen LogP contribution in [0.15, 0.2) is 24.3 Å². The van der Waals surface area contributed by atoms with Gasteiger partial charge >= 0.3 is 0 Å². The number of alkyl halides is 1. The number of allylic oxidation sites excluding steroid dienone is 2. The van der Waals surface area contributed by atoms with E-state index in [4.69, 9.17) is 0 Å². The average Bonchev–Trinajstić information content (AvgIpc) is 2.75. The molecule has 0 heterocycles. The third-order valence-corrected chi connectivity index (χ3v) is 8.57. The third kappa shape index (κ3) is 1.82. The molecule has 1 nitrogen and oxygen atoms in total. The highest BCUT2D eigenvalue weighted by Crippen LogP contribution is 2.67. The topological polar surface area (TPSA) is 20.2 Å². The Morgan fingerprint density at radius 2 is 2.04 bits per heavy atom. The van der Waals surface area contributed by atoms with Gasteiger partial charge < -0.3 is 5.11 Å². The zero-order valence-electron chi connectivity index (χ0n) is 14.7. The molecule has 0 aliphatic heterocycles. The summed E-state index contributed by atoms with van der Waals surface area (Å²) in [5.41, 5.74) is 0.344. The summed E-state index contributed by atoms with van der Waals surface area (Å²) >= 11 is 0. The number of fused-ring (bicyclic) bond motifs is 5. The quantitative estimate of drug-likeness (QED) is 0.658. The first-order valence-corrected chi connectivity index (χ1v) is 9.56. The molecule has 4 aliphatic rings. The van der Waals surface area contributed by atoms with Crippen LogP contribution in [0.5, 0.6) is 0 Å². The lowest BCUT2D eigenvalue weighted by Crippen LogP contribution is -2.54. The van der Waals surface area contributed by atoms with Crippen LogP contribution in [0.2, 0.25) is 0 Å². The van der Waals surface area contributed by atoms with Gasteiger partial charge in [-0.2, -0.15) is 0 Å². The van der Waals surface area contributed by atoms with Crippen LogP contribution < -0.4 is 0 Å². The fourth-order valence-electron chi connectivity index (χ4n) is 7.07. The maximum atomic E-state index is 14.8. The van der Waals surface area contributed by atoms with E-state index in [2.05, 4.69) is 26.5 Å². The molecule has 0 aromatic rings. The van der Waals surface area contributed by atoms with E-state index in [1.165, 1.54) is 31.8 Å². The van der Waals surface area contributed by atoms with Crippen molar-refractivity contribution in [2.75, 3.05) is 0 Å². The van der Waals surface area contributed by atoms with Crippen LogP contribution >= 0.6 is 0 Å². The molecule has 4 aliphatic carbocycles. The Morgan fingerprint density at radius 3 is 2.78 bits per heavy atom. The molecule has 4 rings (SSSR count). The fraction of sp³-hybridized carbons (Fsp3) is 0.810. The minimum atomic E-state index is -1.33. The minimum absolute atomic E-state index is 0.288. The highest BCUT2D eigenvalue weighted by molar-refractivity contribution is 5.27. The lowest BCUT2D eigenvalue weighted by atomic mass is 9.47. The zero-order valence-corrected chi connectivity index (χ0v) is 14.7. The van der Waals surface area contributed by atoms with Crippen LogP contribution in [0, 0.1) is 28.6 Å². The highest BCUT2D eigenvalue weighted by Gasteiger charge is 2.66. The molecule has 1 N–H and O–H groups in total. The molecule has 3 saturated carbocycles. The molecule has 0 spiro atoms. The molecule has 7 atom stereocenters. The maximum absolute atomic E-state index is 14.8. The largest absolute Gasteiger partial charge is 0.382 e. The molecule has 0 saturated heterocycles. The van der Waals surface area contributed by atoms with Gasteiger partial charge in [0.25, 0.3) is 0 Å². The molecule has 128 valence electrons. The van der Waals surface area contributed by atoms with E-state index in [-0.39, 0.29) is 11.3 Å². The van der Waals surface area contributed by atoms with Gasteiger partial charge in [-0.3, -0.25) is 0 Å². The Bertz CT molecular complexity index is 554. The SMILES string of the molecule is C=C[C@]1(O)[C@H](F)C[C@H]2[C@@H]3CC=C4CCCC[C@]4(C)[C@H]3CC[C@@]21C. The van der Waals surface area contributed by atoms with Gasteiger partial charge in [-0.15, -0.1) is 6.58 Å². The van der Waals surface area contributed by atoms with Gasteiger partial charge in [0, 0.05) is 5.41 Å². The number of aliphatic hydroxyl groups is 1. The predicted molar refractivity (Wildman–Crippen MR) is 91.7 cm³/mol. The summed E-state index contributed by atoms with van der Waals surface area (Å²) in [4.78, 5) is 0. The van der Waals surface area contributed by atoms with Crippen molar-refractivity contribution >= 4 is 0 Å². The summed E-state index contributed by atoms with van der Waals surface area (Å²) in [5, 5.41) is 11.0. The summed E-state index contributed by atoms with van der Waals surface area (Å²) in [7, 11) is 0. The van der Waals surface area contributed by atoms with E-state index < -0.39 is 11.8 Å². The Hall–Kier alpha value is -0.630. The summed E-state index contributed by atoms with van der Waals surface area (Å²) < 4.78 is 14.8. The van der Waals surface area contributed by atoms with Gasteiger partial charge in [0.05, 0.1) is 0 Å². The van der Waals surface area contributed by atoms with Crippen LogP contribution in [0.4, 0.5) is 4.39 Å². The Labute approximate surface area is 140 Å². The van der Waals surface area contributed by atoms with Crippen molar-refractivity contribution in [3.05, 3.63) is 24.3 Å². The molecule has 23 heavy (non-hydrogen) atoms. The summed E-state index contributed by atoms with van der Waals surface area (Å²) in [5.74, 6) is 1.50. The third-order valence-electron chi connectivity index (χ3n) is 8.57. The molecular weight excluding hydrogens is 287 g/mol. The van der Waals surface area contributed by atoms with Crippen molar-refractivity contribution in [3.8, 4) is 0 Å². The Morgan fingerprint density at radius 1 is 1.26 bits per heavy atom. The summed E-state index contributed by atoms with van der Waals surface area (Å²) in [6.07, 6.45) is 11.8. The molecule has 0 aromatic carbocycles. The molecule has 3 fully saturated rings. The van der Waals surface area contributed by atoms with Crippen LogP contribution in [0.3, 0.4) is 0 Å². The normalized spacial score (nSPS) is 55.4. The van der Waals surface area contributed by atoms with Gasteiger partial charge in [-0.1, -0.05) is 38.0 Å². The van der Waals surface area contributed by atoms with Crippen molar-refractivity contribution in [1.82, 2.24) is 0 Å². The number of hydrogen-bond acceptors (Lipinski definition) is 1. The fourth-order valence-corrected chi connectivity index (χ4v) is 7.07. The van der Waals surface area contributed by atoms with E-state index in [0.717, 1.165) is 19.3 Å². The minimum Gasteiger partial charge on any atom is -0.382 e. The first kappa shape index (κ1) is 15.9. The zero-order chi connectivity index (χ0) is 16.5. The Kier molecular flexibility index (Phi) is 3.41. The van der Waals surface area contributed by atoms with E-state index in [1.54, 1.807) is 5.57 Å². The maximum Gasteiger partial charge on any atom is 0.133 e. The van der Waals surface area contributed by atoms with Crippen molar-refractivity contribution in [2.45, 2.75) is 77.0 Å². The van der Waals surface area contributed by atoms with Gasteiger partial charge in [-0.05, 0) is 68.1 Å². The van der Waals surface area contributed by atoms with E-state index in [9.17, 15) is 9.50 Å². The second kappa shape index (κ2) is 4.94. The predicted octanol–water partition coefficient (Wildman–Crippen LogP) is 5.20. The second-order valence-electron chi connectivity index (χ2n) is 9.16. The molecule has 0 bridgehead atoms. The summed E-state index contributed by atoms with van der Waals surface area (Å²) in [6.45, 7) is 8.38. The lowest BCUT2D eigenvalue weighted by molar-refractivity contribution is -0.111. The van der Waals surface area contributed by atoms with Crippen molar-refractivity contribution in [2.24, 2.45) is 28.6 Å². The average molecular weight is 318 g/mol. The monoisotopic (exact) mass is 318 g/mol. The first-order chi connectivity index (χ1) is 10.9. The summed E-state index contributed by atoms with van der Waals surface area (Å²) in [6, 6.07) is 0. The molecular formula is C21H31FO. The molecule has 2 heteroatoms. The number of rotatable bonds is 1. The first-order valence-electron chi connectivity index (χ1n) is 9.56. The van der Waals surface area contributed by atoms with Crippen LogP contribution in [0.25, 0.3) is 0 Å². The standard InChI is InChI=1S/C21H31FO/c1-4-21(23)18(22)13-17-15-9-8-14-7-5-6-11-19(14,2)16(15)10-12-20(17,21)3/h4,8,15-18,23H,1,5-7,9-13H2,2-3H3/t15-,16+,17+,18-,19+,20+,21+/m1/s1. The highest BCUT2D eigenvalue weighted by atomic mass is 19.1. The van der Waals surface area contributed by atoms with Gasteiger partial charge in [0.2, 0.25) is 0 Å². The van der Waals surface area contributed by atoms with E-state index >= 15 is 0 Å². The number of halogens is 1. The van der Waals surface area contributed by atoms with Crippen LogP contribution in [0.1, 0.15) is 65.2 Å². The second-order valence-corrected chi connectivity index (χ2v) is 9.16. The number of hydrogen-bond donors (Lipinski definition) is 1. The van der Waals surface area contributed by atoms with Crippen LogP contribution in [-0.2, 0) is 0 Å². The lowest BCUT2D eigenvalue weighted by Gasteiger charge is -2.58. The molecule has 0 unspecified atom stereocenters. The molecule has 0 amide bonds. The van der Waals surface area contributed by atoms with Crippen molar-refractivity contribution in [3.63, 3.8) is 0 Å². The van der Waals surface area contributed by atoms with Crippen molar-refractivity contribution in [1.29, 1.82) is 0 Å². The van der Waals surface area contributed by atoms with Gasteiger partial charge in [0.15, 0.2) is 0 Å². The molecule has 0 radical (unpaired) electrons. The van der Waals surface area contributed by atoms with Gasteiger partial charge in [0.1, 0.15) is 11.8 Å². The smallest absolute Gasteiger partial charge is 0.133 e. The molecule has 0 aromatic heterocycles.